The molecule has 0 saturated carbocycles. The van der Waals surface area contributed by atoms with E-state index in [1.54, 1.807) is 21.6 Å². The van der Waals surface area contributed by atoms with Gasteiger partial charge in [-0.05, 0) is 0 Å². The van der Waals surface area contributed by atoms with Gasteiger partial charge in [0.15, 0.2) is 0 Å². The van der Waals surface area contributed by atoms with Crippen LogP contribution in [0.25, 0.3) is 0 Å². The Hall–Kier alpha value is -1.38. The van der Waals surface area contributed by atoms with Crippen LogP contribution in [-0.2, 0) is 9.59 Å². The molecule has 0 aliphatic heterocycles. The number of hydrogen-bond acceptors (Lipinski definition) is 6. The van der Waals surface area contributed by atoms with Crippen LogP contribution in [0.15, 0.2) is 0 Å². The maximum Gasteiger partial charge on any atom is 0.220 e. The van der Waals surface area contributed by atoms with Crippen LogP contribution in [0.5, 0.6) is 0 Å². The van der Waals surface area contributed by atoms with Crippen LogP contribution < -0.4 is 10.6 Å². The fourth-order valence-corrected chi connectivity index (χ4v) is 3.06. The Balaban J connectivity index is 3.32. The zero-order chi connectivity index (χ0) is 15.1. The highest BCUT2D eigenvalue weighted by atomic mass is 33.1. The Bertz CT molecular complexity index is 341. The highest BCUT2D eigenvalue weighted by Gasteiger charge is 2.02. The van der Waals surface area contributed by atoms with Crippen molar-refractivity contribution in [2.75, 3.05) is 24.6 Å². The molecular formula is C12H18N4O2S2. The monoisotopic (exact) mass is 314 g/mol. The smallest absolute Gasteiger partial charge is 0.220 e. The van der Waals surface area contributed by atoms with E-state index in [1.807, 2.05) is 12.1 Å². The summed E-state index contributed by atoms with van der Waals surface area (Å²) in [5.74, 6) is 1.25. The molecule has 0 bridgehead atoms. The number of amides is 2. The first kappa shape index (κ1) is 18.6. The minimum absolute atomic E-state index is 0.0532. The standard InChI is InChI=1S/C12H18N4O2S2/c13-5-1-7-15-11(17)3-9-19-20-10-4-12(18)16-8-2-6-14/h1-4,7-10H2,(H,15,17)(H,16,18). The first-order chi connectivity index (χ1) is 9.70. The minimum atomic E-state index is -0.0532. The lowest BCUT2D eigenvalue weighted by atomic mass is 10.4. The number of carbonyl (C=O) groups is 2. The van der Waals surface area contributed by atoms with Gasteiger partial charge in [-0.15, -0.1) is 0 Å². The van der Waals surface area contributed by atoms with Crippen LogP contribution in [-0.4, -0.2) is 36.4 Å². The SMILES string of the molecule is N#CCCNC(=O)CCSSCCC(=O)NCCC#N. The minimum Gasteiger partial charge on any atom is -0.355 e. The van der Waals surface area contributed by atoms with Gasteiger partial charge in [-0.25, -0.2) is 0 Å². The lowest BCUT2D eigenvalue weighted by Gasteiger charge is -2.03. The molecule has 0 aromatic carbocycles. The second kappa shape index (κ2) is 14.0. The summed E-state index contributed by atoms with van der Waals surface area (Å²) in [5, 5.41) is 21.9. The molecule has 0 heterocycles. The van der Waals surface area contributed by atoms with E-state index in [9.17, 15) is 9.59 Å². The van der Waals surface area contributed by atoms with Crippen molar-refractivity contribution in [2.45, 2.75) is 25.7 Å². The van der Waals surface area contributed by atoms with E-state index in [1.165, 1.54) is 0 Å². The molecule has 0 aromatic heterocycles. The van der Waals surface area contributed by atoms with Crippen molar-refractivity contribution < 1.29 is 9.59 Å². The van der Waals surface area contributed by atoms with Crippen LogP contribution in [0.4, 0.5) is 0 Å². The predicted molar refractivity (Wildman–Crippen MR) is 80.6 cm³/mol. The molecule has 0 aliphatic carbocycles. The van der Waals surface area contributed by atoms with Gasteiger partial charge in [0.25, 0.3) is 0 Å². The fourth-order valence-electron chi connectivity index (χ4n) is 1.08. The number of carbonyl (C=O) groups excluding carboxylic acids is 2. The van der Waals surface area contributed by atoms with E-state index in [-0.39, 0.29) is 11.8 Å². The van der Waals surface area contributed by atoms with E-state index in [0.29, 0.717) is 50.3 Å². The summed E-state index contributed by atoms with van der Waals surface area (Å²) in [6.07, 6.45) is 1.48. The molecule has 0 atom stereocenters. The molecular weight excluding hydrogens is 296 g/mol. The number of rotatable bonds is 11. The summed E-state index contributed by atoms with van der Waals surface area (Å²) in [7, 11) is 3.10. The van der Waals surface area contributed by atoms with Crippen molar-refractivity contribution in [2.24, 2.45) is 0 Å². The van der Waals surface area contributed by atoms with E-state index >= 15 is 0 Å². The lowest BCUT2D eigenvalue weighted by Crippen LogP contribution is -2.24. The maximum atomic E-state index is 11.3. The molecule has 0 saturated heterocycles. The van der Waals surface area contributed by atoms with Crippen LogP contribution in [0.2, 0.25) is 0 Å². The molecule has 20 heavy (non-hydrogen) atoms. The van der Waals surface area contributed by atoms with Crippen LogP contribution in [0, 0.1) is 22.7 Å². The number of nitrogens with one attached hydrogen (secondary N) is 2. The summed E-state index contributed by atoms with van der Waals surface area (Å²) in [6.45, 7) is 0.798. The van der Waals surface area contributed by atoms with Crippen molar-refractivity contribution >= 4 is 33.4 Å². The molecule has 0 spiro atoms. The first-order valence-corrected chi connectivity index (χ1v) is 8.71. The highest BCUT2D eigenvalue weighted by Crippen LogP contribution is 2.22. The van der Waals surface area contributed by atoms with Crippen molar-refractivity contribution in [3.63, 3.8) is 0 Å². The summed E-state index contributed by atoms with van der Waals surface area (Å²) >= 11 is 0. The Morgan fingerprint density at radius 3 is 1.60 bits per heavy atom. The van der Waals surface area contributed by atoms with Crippen LogP contribution >= 0.6 is 21.6 Å². The van der Waals surface area contributed by atoms with Gasteiger partial charge in [-0.1, -0.05) is 21.6 Å². The maximum absolute atomic E-state index is 11.3. The topological polar surface area (TPSA) is 106 Å². The lowest BCUT2D eigenvalue weighted by molar-refractivity contribution is -0.121. The van der Waals surface area contributed by atoms with Gasteiger partial charge in [-0.3, -0.25) is 9.59 Å². The van der Waals surface area contributed by atoms with Gasteiger partial charge in [0.2, 0.25) is 11.8 Å². The van der Waals surface area contributed by atoms with E-state index in [4.69, 9.17) is 10.5 Å². The van der Waals surface area contributed by atoms with Gasteiger partial charge in [0.05, 0.1) is 25.0 Å². The largest absolute Gasteiger partial charge is 0.355 e. The molecule has 0 radical (unpaired) electrons. The molecule has 0 fully saturated rings. The Morgan fingerprint density at radius 1 is 0.850 bits per heavy atom. The average molecular weight is 314 g/mol. The Labute approximate surface area is 127 Å². The summed E-state index contributed by atoms with van der Waals surface area (Å²) in [6, 6.07) is 3.91. The van der Waals surface area contributed by atoms with Crippen LogP contribution in [0.3, 0.4) is 0 Å². The molecule has 2 amide bonds. The zero-order valence-electron chi connectivity index (χ0n) is 11.2. The summed E-state index contributed by atoms with van der Waals surface area (Å²) < 4.78 is 0. The third-order valence-corrected chi connectivity index (χ3v) is 4.43. The third-order valence-electron chi connectivity index (χ3n) is 2.03. The molecule has 0 unspecified atom stereocenters. The Morgan fingerprint density at radius 2 is 1.25 bits per heavy atom. The molecule has 6 nitrogen and oxygen atoms in total. The first-order valence-electron chi connectivity index (χ1n) is 6.22. The average Bonchev–Trinajstić information content (AvgIpc) is 2.43. The van der Waals surface area contributed by atoms with Crippen molar-refractivity contribution in [1.82, 2.24) is 10.6 Å². The van der Waals surface area contributed by atoms with Gasteiger partial charge in [-0.2, -0.15) is 10.5 Å². The summed E-state index contributed by atoms with van der Waals surface area (Å²) in [5.41, 5.74) is 0. The molecule has 110 valence electrons. The number of nitrogens with zero attached hydrogens (tertiary/aromatic N) is 2. The summed E-state index contributed by atoms with van der Waals surface area (Å²) in [4.78, 5) is 22.5. The molecule has 0 aromatic rings. The second-order valence-corrected chi connectivity index (χ2v) is 6.36. The number of nitriles is 2. The van der Waals surface area contributed by atoms with Gasteiger partial charge in [0.1, 0.15) is 0 Å². The van der Waals surface area contributed by atoms with Crippen molar-refractivity contribution in [3.05, 3.63) is 0 Å². The van der Waals surface area contributed by atoms with E-state index < -0.39 is 0 Å². The van der Waals surface area contributed by atoms with Crippen molar-refractivity contribution in [3.8, 4) is 12.1 Å². The zero-order valence-corrected chi connectivity index (χ0v) is 12.8. The second-order valence-electron chi connectivity index (χ2n) is 3.66. The van der Waals surface area contributed by atoms with Gasteiger partial charge >= 0.3 is 0 Å². The molecule has 0 aliphatic rings. The van der Waals surface area contributed by atoms with Gasteiger partial charge in [0, 0.05) is 37.4 Å². The normalized spacial score (nSPS) is 9.30. The van der Waals surface area contributed by atoms with Crippen molar-refractivity contribution in [1.29, 1.82) is 10.5 Å². The molecule has 0 rings (SSSR count). The van der Waals surface area contributed by atoms with E-state index in [0.717, 1.165) is 0 Å². The number of hydrogen-bond donors (Lipinski definition) is 2. The molecule has 8 heteroatoms. The third kappa shape index (κ3) is 13.1. The Kier molecular flexibility index (Phi) is 13.1. The van der Waals surface area contributed by atoms with E-state index in [2.05, 4.69) is 10.6 Å². The van der Waals surface area contributed by atoms with Crippen LogP contribution in [0.1, 0.15) is 25.7 Å². The highest BCUT2D eigenvalue weighted by molar-refractivity contribution is 8.76. The fraction of sp³-hybridized carbons (Fsp3) is 0.667. The predicted octanol–water partition coefficient (Wildman–Crippen LogP) is 1.21. The quantitative estimate of drug-likeness (QED) is 0.438. The molecule has 2 N–H and O–H groups in total. The van der Waals surface area contributed by atoms with Gasteiger partial charge < -0.3 is 10.6 Å².